The van der Waals surface area contributed by atoms with Crippen LogP contribution in [0.5, 0.6) is 0 Å². The fraction of sp³-hybridized carbons (Fsp3) is 0.872. The average molecular weight is 606 g/mol. The average Bonchev–Trinajstić information content (AvgIpc) is 3.01. The largest absolute Gasteiger partial charge is 0.394 e. The molecule has 0 aromatic heterocycles. The minimum Gasteiger partial charge on any atom is -0.394 e. The summed E-state index contributed by atoms with van der Waals surface area (Å²) >= 11 is 0. The van der Waals surface area contributed by atoms with Gasteiger partial charge in [0.1, 0.15) is 0 Å². The Morgan fingerprint density at radius 3 is 1.35 bits per heavy atom. The minimum atomic E-state index is -0.855. The molecular formula is C39H75NO3. The van der Waals surface area contributed by atoms with Gasteiger partial charge < -0.3 is 15.5 Å². The Kier molecular flexibility index (Phi) is 34.4. The van der Waals surface area contributed by atoms with Gasteiger partial charge in [-0.3, -0.25) is 4.79 Å². The molecule has 0 fully saturated rings. The molecule has 0 radical (unpaired) electrons. The lowest BCUT2D eigenvalue weighted by Crippen LogP contribution is -2.45. The summed E-state index contributed by atoms with van der Waals surface area (Å²) < 4.78 is 0. The molecule has 43 heavy (non-hydrogen) atoms. The third-order valence-electron chi connectivity index (χ3n) is 8.69. The van der Waals surface area contributed by atoms with Crippen LogP contribution in [-0.2, 0) is 4.79 Å². The van der Waals surface area contributed by atoms with Gasteiger partial charge in [0.2, 0.25) is 5.91 Å². The third-order valence-corrected chi connectivity index (χ3v) is 8.69. The Labute approximate surface area is 269 Å². The zero-order valence-electron chi connectivity index (χ0n) is 29.0. The second-order valence-electron chi connectivity index (χ2n) is 13.0. The molecule has 254 valence electrons. The van der Waals surface area contributed by atoms with Crippen LogP contribution in [0.1, 0.15) is 200 Å². The van der Waals surface area contributed by atoms with Crippen LogP contribution in [0.3, 0.4) is 0 Å². The van der Waals surface area contributed by atoms with Gasteiger partial charge in [-0.15, -0.1) is 0 Å². The molecule has 4 nitrogen and oxygen atoms in total. The first-order chi connectivity index (χ1) is 21.2. The maximum atomic E-state index is 12.2. The van der Waals surface area contributed by atoms with E-state index in [1.807, 2.05) is 6.08 Å². The normalized spacial score (nSPS) is 13.3. The number of aliphatic hydroxyl groups is 2. The monoisotopic (exact) mass is 606 g/mol. The van der Waals surface area contributed by atoms with Gasteiger partial charge in [0.05, 0.1) is 18.8 Å². The van der Waals surface area contributed by atoms with Gasteiger partial charge in [-0.05, 0) is 32.1 Å². The summed E-state index contributed by atoms with van der Waals surface area (Å²) in [5.41, 5.74) is 0. The van der Waals surface area contributed by atoms with E-state index in [-0.39, 0.29) is 12.5 Å². The van der Waals surface area contributed by atoms with E-state index in [0.717, 1.165) is 32.1 Å². The van der Waals surface area contributed by atoms with Crippen LogP contribution in [0.4, 0.5) is 0 Å². The van der Waals surface area contributed by atoms with Crippen LogP contribution in [0.25, 0.3) is 0 Å². The first-order valence-electron chi connectivity index (χ1n) is 19.1. The standard InChI is InChI=1S/C39H75NO3/c1-3-5-7-9-11-13-14-15-16-17-18-19-20-21-22-23-24-25-26-27-28-30-32-34-38(42)37(36-41)40-39(43)35-33-31-29-12-10-8-6-4-2/h26-27,32,34,37-38,41-42H,3-25,28-31,33,35-36H2,1-2H3,(H,40,43)/b27-26+,34-32+. The van der Waals surface area contributed by atoms with Crippen molar-refractivity contribution in [3.63, 3.8) is 0 Å². The lowest BCUT2D eigenvalue weighted by atomic mass is 10.0. The summed E-state index contributed by atoms with van der Waals surface area (Å²) in [6.07, 6.45) is 44.3. The summed E-state index contributed by atoms with van der Waals surface area (Å²) in [4.78, 5) is 12.2. The highest BCUT2D eigenvalue weighted by Crippen LogP contribution is 2.15. The number of hydrogen-bond donors (Lipinski definition) is 3. The summed E-state index contributed by atoms with van der Waals surface area (Å²) in [7, 11) is 0. The minimum absolute atomic E-state index is 0.0789. The van der Waals surface area contributed by atoms with Crippen molar-refractivity contribution in [3.8, 4) is 0 Å². The van der Waals surface area contributed by atoms with Crippen molar-refractivity contribution in [2.45, 2.75) is 212 Å². The van der Waals surface area contributed by atoms with Gasteiger partial charge >= 0.3 is 0 Å². The molecule has 0 aliphatic carbocycles. The van der Waals surface area contributed by atoms with Crippen molar-refractivity contribution < 1.29 is 15.0 Å². The number of hydrogen-bond acceptors (Lipinski definition) is 3. The lowest BCUT2D eigenvalue weighted by Gasteiger charge is -2.19. The van der Waals surface area contributed by atoms with E-state index in [9.17, 15) is 15.0 Å². The van der Waals surface area contributed by atoms with Gasteiger partial charge in [-0.2, -0.15) is 0 Å². The van der Waals surface area contributed by atoms with Crippen molar-refractivity contribution in [2.75, 3.05) is 6.61 Å². The highest BCUT2D eigenvalue weighted by molar-refractivity contribution is 5.76. The first-order valence-corrected chi connectivity index (χ1v) is 19.1. The number of carbonyl (C=O) groups is 1. The van der Waals surface area contributed by atoms with Gasteiger partial charge in [-0.25, -0.2) is 0 Å². The number of amides is 1. The third kappa shape index (κ3) is 32.1. The molecular weight excluding hydrogens is 530 g/mol. The lowest BCUT2D eigenvalue weighted by molar-refractivity contribution is -0.123. The molecule has 2 unspecified atom stereocenters. The van der Waals surface area contributed by atoms with E-state index < -0.39 is 12.1 Å². The van der Waals surface area contributed by atoms with Crippen molar-refractivity contribution in [3.05, 3.63) is 24.3 Å². The van der Waals surface area contributed by atoms with Crippen LogP contribution < -0.4 is 5.32 Å². The van der Waals surface area contributed by atoms with Crippen molar-refractivity contribution in [1.82, 2.24) is 5.32 Å². The van der Waals surface area contributed by atoms with Crippen molar-refractivity contribution in [2.24, 2.45) is 0 Å². The van der Waals surface area contributed by atoms with E-state index in [4.69, 9.17) is 0 Å². The predicted octanol–water partition coefficient (Wildman–Crippen LogP) is 11.3. The van der Waals surface area contributed by atoms with Gasteiger partial charge in [0.25, 0.3) is 0 Å². The predicted molar refractivity (Wildman–Crippen MR) is 189 cm³/mol. The van der Waals surface area contributed by atoms with E-state index >= 15 is 0 Å². The molecule has 1 amide bonds. The van der Waals surface area contributed by atoms with Crippen LogP contribution in [0, 0.1) is 0 Å². The van der Waals surface area contributed by atoms with Crippen molar-refractivity contribution >= 4 is 5.91 Å². The summed E-state index contributed by atoms with van der Waals surface area (Å²) in [5.74, 6) is -0.0789. The molecule has 0 aliphatic heterocycles. The summed E-state index contributed by atoms with van der Waals surface area (Å²) in [5, 5.41) is 22.8. The van der Waals surface area contributed by atoms with E-state index in [1.54, 1.807) is 6.08 Å². The topological polar surface area (TPSA) is 69.6 Å². The number of aliphatic hydroxyl groups excluding tert-OH is 2. The van der Waals surface area contributed by atoms with Crippen LogP contribution in [-0.4, -0.2) is 34.9 Å². The van der Waals surface area contributed by atoms with Crippen LogP contribution in [0.15, 0.2) is 24.3 Å². The van der Waals surface area contributed by atoms with E-state index in [1.165, 1.54) is 148 Å². The van der Waals surface area contributed by atoms with Crippen molar-refractivity contribution in [1.29, 1.82) is 0 Å². The molecule has 0 saturated carbocycles. The SMILES string of the molecule is CCCCCCCCCCCCCCCCCCC/C=C/CC/C=C/C(O)C(CO)NC(=O)CCCCCCCCCC. The molecule has 2 atom stereocenters. The molecule has 0 spiro atoms. The summed E-state index contributed by atoms with van der Waals surface area (Å²) in [6, 6.07) is -0.631. The smallest absolute Gasteiger partial charge is 0.220 e. The number of nitrogens with one attached hydrogen (secondary N) is 1. The molecule has 0 aromatic carbocycles. The molecule has 3 N–H and O–H groups in total. The highest BCUT2D eigenvalue weighted by atomic mass is 16.3. The second kappa shape index (κ2) is 35.4. The molecule has 0 heterocycles. The van der Waals surface area contributed by atoms with Crippen LogP contribution >= 0.6 is 0 Å². The highest BCUT2D eigenvalue weighted by Gasteiger charge is 2.17. The number of allylic oxidation sites excluding steroid dienone is 3. The quantitative estimate of drug-likeness (QED) is 0.0505. The van der Waals surface area contributed by atoms with Gasteiger partial charge in [0.15, 0.2) is 0 Å². The Hall–Kier alpha value is -1.13. The number of unbranched alkanes of at least 4 members (excludes halogenated alkanes) is 25. The number of carbonyl (C=O) groups excluding carboxylic acids is 1. The second-order valence-corrected chi connectivity index (χ2v) is 13.0. The maximum absolute atomic E-state index is 12.2. The van der Waals surface area contributed by atoms with E-state index in [2.05, 4.69) is 31.3 Å². The van der Waals surface area contributed by atoms with Gasteiger partial charge in [-0.1, -0.05) is 186 Å². The van der Waals surface area contributed by atoms with E-state index in [0.29, 0.717) is 6.42 Å². The molecule has 0 aromatic rings. The van der Waals surface area contributed by atoms with Gasteiger partial charge in [0, 0.05) is 6.42 Å². The Balaban J connectivity index is 3.56. The molecule has 0 bridgehead atoms. The van der Waals surface area contributed by atoms with Crippen LogP contribution in [0.2, 0.25) is 0 Å². The fourth-order valence-electron chi connectivity index (χ4n) is 5.72. The Bertz CT molecular complexity index is 618. The Morgan fingerprint density at radius 2 is 0.907 bits per heavy atom. The zero-order chi connectivity index (χ0) is 31.5. The molecule has 0 rings (SSSR count). The first kappa shape index (κ1) is 41.9. The number of rotatable bonds is 34. The Morgan fingerprint density at radius 1 is 0.535 bits per heavy atom. The molecule has 0 aliphatic rings. The molecule has 0 saturated heterocycles. The zero-order valence-corrected chi connectivity index (χ0v) is 29.0. The molecule has 4 heteroatoms. The summed E-state index contributed by atoms with van der Waals surface area (Å²) in [6.45, 7) is 4.26. The maximum Gasteiger partial charge on any atom is 0.220 e. The fourth-order valence-corrected chi connectivity index (χ4v) is 5.72.